The standard InChI is InChI=1S/C29H31FN6O3S/c1-18-14-34(11-12-36(18)26(37)17-35-15-19-5-3-4-6-21(19)28(35)39)24-8-7-20(30)13-22(24)27(38)32-29-31-23-9-10-33(2)16-25(23)40-29/h3-8,13,15,18,39H,9-12,14,16-17H2,1-2H3,(H,31,32,38)/t18-/m0/s1. The molecule has 9 nitrogen and oxygen atoms in total. The van der Waals surface area contributed by atoms with Gasteiger partial charge in [-0.1, -0.05) is 18.2 Å². The molecule has 2 amide bonds. The van der Waals surface area contributed by atoms with Crippen LogP contribution in [0.15, 0.2) is 48.7 Å². The molecule has 2 N–H and O–H groups in total. The van der Waals surface area contributed by atoms with Gasteiger partial charge < -0.3 is 24.4 Å². The van der Waals surface area contributed by atoms with Crippen molar-refractivity contribution in [1.82, 2.24) is 19.4 Å². The van der Waals surface area contributed by atoms with E-state index in [4.69, 9.17) is 0 Å². The average molecular weight is 563 g/mol. The van der Waals surface area contributed by atoms with Crippen LogP contribution in [0.1, 0.15) is 27.9 Å². The Balaban J connectivity index is 1.15. The molecule has 2 aromatic carbocycles. The van der Waals surface area contributed by atoms with Crippen molar-refractivity contribution >= 4 is 44.7 Å². The molecule has 2 aromatic heterocycles. The van der Waals surface area contributed by atoms with E-state index in [1.54, 1.807) is 21.7 Å². The summed E-state index contributed by atoms with van der Waals surface area (Å²) >= 11 is 1.46. The molecule has 1 saturated heterocycles. The number of aromatic nitrogens is 2. The van der Waals surface area contributed by atoms with E-state index in [1.807, 2.05) is 36.1 Å². The van der Waals surface area contributed by atoms with Gasteiger partial charge in [0.15, 0.2) is 11.0 Å². The summed E-state index contributed by atoms with van der Waals surface area (Å²) in [7, 11) is 2.06. The molecular formula is C29H31FN6O3S. The lowest BCUT2D eigenvalue weighted by Gasteiger charge is -2.41. The number of amides is 2. The molecule has 6 rings (SSSR count). The van der Waals surface area contributed by atoms with Gasteiger partial charge in [0.05, 0.1) is 11.3 Å². The van der Waals surface area contributed by atoms with Crippen molar-refractivity contribution in [3.05, 3.63) is 70.6 Å². The van der Waals surface area contributed by atoms with Crippen molar-refractivity contribution in [2.75, 3.05) is 43.4 Å². The molecule has 0 unspecified atom stereocenters. The van der Waals surface area contributed by atoms with Crippen molar-refractivity contribution in [3.63, 3.8) is 0 Å². The summed E-state index contributed by atoms with van der Waals surface area (Å²) in [5.41, 5.74) is 1.86. The number of aromatic hydroxyl groups is 1. The van der Waals surface area contributed by atoms with E-state index in [1.165, 1.54) is 23.5 Å². The molecule has 1 atom stereocenters. The van der Waals surface area contributed by atoms with Gasteiger partial charge >= 0.3 is 0 Å². The van der Waals surface area contributed by atoms with Crippen LogP contribution in [0, 0.1) is 5.82 Å². The molecule has 11 heteroatoms. The zero-order chi connectivity index (χ0) is 28.0. The molecule has 0 aliphatic carbocycles. The number of nitrogens with zero attached hydrogens (tertiary/aromatic N) is 5. The number of carbonyl (C=O) groups is 2. The minimum Gasteiger partial charge on any atom is -0.494 e. The highest BCUT2D eigenvalue weighted by Gasteiger charge is 2.30. The molecule has 4 heterocycles. The van der Waals surface area contributed by atoms with Gasteiger partial charge in [-0.3, -0.25) is 14.9 Å². The van der Waals surface area contributed by atoms with Gasteiger partial charge in [0.25, 0.3) is 5.91 Å². The van der Waals surface area contributed by atoms with Crippen molar-refractivity contribution in [3.8, 4) is 5.88 Å². The predicted octanol–water partition coefficient (Wildman–Crippen LogP) is 3.92. The third-order valence-electron chi connectivity index (χ3n) is 7.71. The van der Waals surface area contributed by atoms with Crippen LogP contribution in [0.5, 0.6) is 5.88 Å². The lowest BCUT2D eigenvalue weighted by atomic mass is 10.1. The summed E-state index contributed by atoms with van der Waals surface area (Å²) in [5, 5.41) is 15.6. The van der Waals surface area contributed by atoms with E-state index in [0.717, 1.165) is 35.5 Å². The molecule has 0 bridgehead atoms. The highest BCUT2D eigenvalue weighted by atomic mass is 32.1. The van der Waals surface area contributed by atoms with E-state index in [-0.39, 0.29) is 29.9 Å². The van der Waals surface area contributed by atoms with Gasteiger partial charge in [-0.15, -0.1) is 11.3 Å². The van der Waals surface area contributed by atoms with Crippen LogP contribution in [-0.2, 0) is 24.3 Å². The van der Waals surface area contributed by atoms with Gasteiger partial charge in [0, 0.05) is 72.7 Å². The maximum Gasteiger partial charge on any atom is 0.259 e. The SMILES string of the molecule is C[C@H]1CN(c2ccc(F)cc2C(=O)Nc2nc3c(s2)CN(C)CC3)CCN1C(=O)Cn1cc2ccccc2c1O. The Labute approximate surface area is 235 Å². The third-order valence-corrected chi connectivity index (χ3v) is 8.71. The maximum absolute atomic E-state index is 14.3. The van der Waals surface area contributed by atoms with E-state index in [0.29, 0.717) is 35.8 Å². The average Bonchev–Trinajstić information content (AvgIpc) is 3.47. The number of hydrogen-bond donors (Lipinski definition) is 2. The monoisotopic (exact) mass is 562 g/mol. The minimum atomic E-state index is -0.491. The first kappa shape index (κ1) is 26.3. The topological polar surface area (TPSA) is 93.9 Å². The fourth-order valence-electron chi connectivity index (χ4n) is 5.61. The van der Waals surface area contributed by atoms with Gasteiger partial charge in [-0.25, -0.2) is 9.37 Å². The van der Waals surface area contributed by atoms with Crippen molar-refractivity contribution in [1.29, 1.82) is 0 Å². The lowest BCUT2D eigenvalue weighted by Crippen LogP contribution is -2.55. The smallest absolute Gasteiger partial charge is 0.259 e. The second kappa shape index (κ2) is 10.5. The number of likely N-dealkylation sites (N-methyl/N-ethyl adjacent to an activating group) is 1. The first-order chi connectivity index (χ1) is 19.3. The quantitative estimate of drug-likeness (QED) is 0.383. The third kappa shape index (κ3) is 5.02. The Morgan fingerprint density at radius 3 is 2.80 bits per heavy atom. The molecule has 4 aromatic rings. The van der Waals surface area contributed by atoms with Crippen LogP contribution >= 0.6 is 11.3 Å². The molecule has 2 aliphatic heterocycles. The summed E-state index contributed by atoms with van der Waals surface area (Å²) in [6.07, 6.45) is 2.62. The number of fused-ring (bicyclic) bond motifs is 2. The zero-order valence-corrected chi connectivity index (χ0v) is 23.2. The Bertz CT molecular complexity index is 1600. The Hall–Kier alpha value is -3.96. The van der Waals surface area contributed by atoms with E-state index in [2.05, 4.69) is 22.2 Å². The van der Waals surface area contributed by atoms with Crippen LogP contribution in [0.3, 0.4) is 0 Å². The highest BCUT2D eigenvalue weighted by molar-refractivity contribution is 7.15. The number of nitrogens with one attached hydrogen (secondary N) is 1. The summed E-state index contributed by atoms with van der Waals surface area (Å²) in [5.74, 6) is -0.923. The summed E-state index contributed by atoms with van der Waals surface area (Å²) in [6, 6.07) is 11.5. The number of rotatable bonds is 5. The van der Waals surface area contributed by atoms with Gasteiger partial charge in [0.2, 0.25) is 5.91 Å². The van der Waals surface area contributed by atoms with Crippen molar-refractivity contribution in [2.24, 2.45) is 0 Å². The fraction of sp³-hybridized carbons (Fsp3) is 0.345. The van der Waals surface area contributed by atoms with E-state index >= 15 is 0 Å². The van der Waals surface area contributed by atoms with Crippen LogP contribution in [-0.4, -0.2) is 75.5 Å². The zero-order valence-electron chi connectivity index (χ0n) is 22.4. The van der Waals surface area contributed by atoms with Crippen LogP contribution in [0.4, 0.5) is 15.2 Å². The summed E-state index contributed by atoms with van der Waals surface area (Å²) < 4.78 is 15.9. The maximum atomic E-state index is 14.3. The number of anilines is 2. The van der Waals surface area contributed by atoms with Crippen LogP contribution in [0.25, 0.3) is 10.8 Å². The normalized spacial score (nSPS) is 17.7. The molecule has 40 heavy (non-hydrogen) atoms. The largest absolute Gasteiger partial charge is 0.494 e. The first-order valence-electron chi connectivity index (χ1n) is 13.4. The number of piperazine rings is 1. The Kier molecular flexibility index (Phi) is 6.93. The predicted molar refractivity (Wildman–Crippen MR) is 153 cm³/mol. The number of benzene rings is 2. The Morgan fingerprint density at radius 2 is 2.00 bits per heavy atom. The number of hydrogen-bond acceptors (Lipinski definition) is 7. The first-order valence-corrected chi connectivity index (χ1v) is 14.2. The molecule has 0 spiro atoms. The minimum absolute atomic E-state index is 0.0304. The number of halogens is 1. The number of thiazole rings is 1. The molecule has 0 radical (unpaired) electrons. The van der Waals surface area contributed by atoms with Crippen LogP contribution in [0.2, 0.25) is 0 Å². The summed E-state index contributed by atoms with van der Waals surface area (Å²) in [4.78, 5) is 38.3. The van der Waals surface area contributed by atoms with E-state index < -0.39 is 11.7 Å². The van der Waals surface area contributed by atoms with Crippen molar-refractivity contribution < 1.29 is 19.1 Å². The second-order valence-corrected chi connectivity index (χ2v) is 11.6. The Morgan fingerprint density at radius 1 is 1.18 bits per heavy atom. The van der Waals surface area contributed by atoms with Crippen molar-refractivity contribution in [2.45, 2.75) is 32.5 Å². The summed E-state index contributed by atoms with van der Waals surface area (Å²) in [6.45, 7) is 5.12. The molecule has 2 aliphatic rings. The number of carbonyl (C=O) groups excluding carboxylic acids is 2. The highest BCUT2D eigenvalue weighted by Crippen LogP contribution is 2.31. The molecular weight excluding hydrogens is 531 g/mol. The van der Waals surface area contributed by atoms with Gasteiger partial charge in [0.1, 0.15) is 12.4 Å². The molecule has 208 valence electrons. The second-order valence-electron chi connectivity index (χ2n) is 10.5. The molecule has 0 saturated carbocycles. The van der Waals surface area contributed by atoms with Gasteiger partial charge in [-0.05, 0) is 38.2 Å². The lowest BCUT2D eigenvalue weighted by molar-refractivity contribution is -0.134. The molecule has 1 fully saturated rings. The van der Waals surface area contributed by atoms with Gasteiger partial charge in [-0.2, -0.15) is 0 Å². The van der Waals surface area contributed by atoms with Crippen LogP contribution < -0.4 is 10.2 Å². The van der Waals surface area contributed by atoms with E-state index in [9.17, 15) is 19.1 Å². The fourth-order valence-corrected chi connectivity index (χ4v) is 6.69.